The highest BCUT2D eigenvalue weighted by molar-refractivity contribution is 14.0. The molecule has 1 amide bonds. The number of nitrogens with one attached hydrogen (secondary N) is 1. The Kier molecular flexibility index (Phi) is 10.7. The Morgan fingerprint density at radius 3 is 2.55 bits per heavy atom. The molecule has 2 saturated heterocycles. The molecule has 0 spiro atoms. The molecule has 0 bridgehead atoms. The summed E-state index contributed by atoms with van der Waals surface area (Å²) >= 11 is 0. The number of nitrogens with zero attached hydrogens (tertiary/aromatic N) is 4. The van der Waals surface area contributed by atoms with E-state index in [2.05, 4.69) is 20.1 Å². The summed E-state index contributed by atoms with van der Waals surface area (Å²) in [5, 5.41) is 3.33. The molecule has 2 heterocycles. The summed E-state index contributed by atoms with van der Waals surface area (Å²) in [4.78, 5) is 23.1. The van der Waals surface area contributed by atoms with Gasteiger partial charge in [-0.1, -0.05) is 6.07 Å². The van der Waals surface area contributed by atoms with Gasteiger partial charge in [0.25, 0.3) is 0 Å². The molecule has 0 aliphatic carbocycles. The first-order valence-corrected chi connectivity index (χ1v) is 10.5. The van der Waals surface area contributed by atoms with Crippen LogP contribution < -0.4 is 10.1 Å². The molecule has 31 heavy (non-hydrogen) atoms. The summed E-state index contributed by atoms with van der Waals surface area (Å²) < 4.78 is 24.4. The van der Waals surface area contributed by atoms with Crippen molar-refractivity contribution in [3.63, 3.8) is 0 Å². The number of amides is 1. The molecule has 2 aliphatic heterocycles. The summed E-state index contributed by atoms with van der Waals surface area (Å²) in [5.74, 6) is 1.19. The fourth-order valence-corrected chi connectivity index (χ4v) is 3.60. The zero-order valence-electron chi connectivity index (χ0n) is 18.3. The molecule has 2 aliphatic rings. The highest BCUT2D eigenvalue weighted by atomic mass is 127. The Bertz CT molecular complexity index is 725. The maximum absolute atomic E-state index is 13.3. The van der Waals surface area contributed by atoms with Crippen LogP contribution in [0, 0.1) is 5.82 Å². The quantitative estimate of drug-likeness (QED) is 0.328. The van der Waals surface area contributed by atoms with Gasteiger partial charge >= 0.3 is 0 Å². The molecule has 3 rings (SSSR count). The number of guanidine groups is 1. The lowest BCUT2D eigenvalue weighted by Gasteiger charge is -2.37. The molecular weight excluding hydrogens is 516 g/mol. The van der Waals surface area contributed by atoms with Gasteiger partial charge in [0.1, 0.15) is 17.7 Å². The van der Waals surface area contributed by atoms with Gasteiger partial charge in [-0.25, -0.2) is 4.39 Å². The van der Waals surface area contributed by atoms with Gasteiger partial charge in [0.15, 0.2) is 5.96 Å². The molecule has 174 valence electrons. The number of carbonyl (C=O) groups excluding carboxylic acids is 1. The van der Waals surface area contributed by atoms with Gasteiger partial charge in [-0.3, -0.25) is 14.7 Å². The number of hydrogen-bond acceptors (Lipinski definition) is 5. The van der Waals surface area contributed by atoms with Crippen molar-refractivity contribution in [1.29, 1.82) is 0 Å². The third kappa shape index (κ3) is 8.08. The number of benzene rings is 1. The number of piperazine rings is 1. The number of ether oxygens (including phenoxy) is 2. The second-order valence-corrected chi connectivity index (χ2v) is 7.57. The van der Waals surface area contributed by atoms with E-state index >= 15 is 0 Å². The molecule has 0 radical (unpaired) electrons. The Morgan fingerprint density at radius 2 is 1.90 bits per heavy atom. The number of aliphatic imine (C=N–C) groups is 1. The van der Waals surface area contributed by atoms with Gasteiger partial charge in [-0.05, 0) is 19.1 Å². The lowest BCUT2D eigenvalue weighted by atomic mass is 10.3. The molecule has 10 heteroatoms. The maximum Gasteiger partial charge on any atom is 0.236 e. The first-order chi connectivity index (χ1) is 14.5. The molecule has 0 aromatic heterocycles. The average Bonchev–Trinajstić information content (AvgIpc) is 2.76. The van der Waals surface area contributed by atoms with Crippen LogP contribution in [0.25, 0.3) is 0 Å². The SMILES string of the molecule is CN=C(NCC(C)Oc1cccc(F)c1)N1CCN(CC(=O)N2CCOCC2)CC1.I. The number of halogens is 2. The third-order valence-corrected chi connectivity index (χ3v) is 5.29. The molecule has 1 atom stereocenters. The van der Waals surface area contributed by atoms with E-state index in [1.165, 1.54) is 12.1 Å². The van der Waals surface area contributed by atoms with Crippen LogP contribution in [0.15, 0.2) is 29.3 Å². The van der Waals surface area contributed by atoms with E-state index in [1.54, 1.807) is 19.2 Å². The number of morpholine rings is 1. The Labute approximate surface area is 200 Å². The summed E-state index contributed by atoms with van der Waals surface area (Å²) in [6, 6.07) is 6.15. The van der Waals surface area contributed by atoms with Crippen molar-refractivity contribution in [3.05, 3.63) is 30.1 Å². The fraction of sp³-hybridized carbons (Fsp3) is 0.619. The van der Waals surface area contributed by atoms with Crippen molar-refractivity contribution in [2.24, 2.45) is 4.99 Å². The van der Waals surface area contributed by atoms with Gasteiger partial charge in [-0.15, -0.1) is 24.0 Å². The van der Waals surface area contributed by atoms with Crippen LogP contribution in [0.2, 0.25) is 0 Å². The monoisotopic (exact) mass is 549 g/mol. The largest absolute Gasteiger partial charge is 0.489 e. The fourth-order valence-electron chi connectivity index (χ4n) is 3.60. The smallest absolute Gasteiger partial charge is 0.236 e. The Balaban J connectivity index is 0.00000341. The van der Waals surface area contributed by atoms with Gasteiger partial charge in [0.05, 0.1) is 26.3 Å². The molecule has 1 aromatic rings. The van der Waals surface area contributed by atoms with Crippen LogP contribution in [-0.4, -0.2) is 105 Å². The van der Waals surface area contributed by atoms with Gasteiger partial charge in [0, 0.05) is 52.4 Å². The van der Waals surface area contributed by atoms with Crippen LogP contribution in [0.5, 0.6) is 5.75 Å². The van der Waals surface area contributed by atoms with Crippen molar-refractivity contribution >= 4 is 35.8 Å². The van der Waals surface area contributed by atoms with Crippen molar-refractivity contribution in [3.8, 4) is 5.75 Å². The Hall–Kier alpha value is -1.66. The average molecular weight is 549 g/mol. The van der Waals surface area contributed by atoms with Crippen LogP contribution >= 0.6 is 24.0 Å². The maximum atomic E-state index is 13.3. The van der Waals surface area contributed by atoms with E-state index in [9.17, 15) is 9.18 Å². The molecular formula is C21H33FIN5O3. The molecule has 2 fully saturated rings. The predicted octanol–water partition coefficient (Wildman–Crippen LogP) is 1.26. The number of carbonyl (C=O) groups is 1. The van der Waals surface area contributed by atoms with Crippen LogP contribution in [0.1, 0.15) is 6.92 Å². The molecule has 1 N–H and O–H groups in total. The summed E-state index contributed by atoms with van der Waals surface area (Å²) in [7, 11) is 1.76. The lowest BCUT2D eigenvalue weighted by Crippen LogP contribution is -2.55. The minimum absolute atomic E-state index is 0. The van der Waals surface area contributed by atoms with E-state index in [1.807, 2.05) is 11.8 Å². The minimum Gasteiger partial charge on any atom is -0.489 e. The first-order valence-electron chi connectivity index (χ1n) is 10.5. The second kappa shape index (κ2) is 13.0. The van der Waals surface area contributed by atoms with Gasteiger partial charge in [-0.2, -0.15) is 0 Å². The zero-order valence-corrected chi connectivity index (χ0v) is 20.6. The van der Waals surface area contributed by atoms with Gasteiger partial charge < -0.3 is 24.6 Å². The zero-order chi connectivity index (χ0) is 21.3. The summed E-state index contributed by atoms with van der Waals surface area (Å²) in [5.41, 5.74) is 0. The number of rotatable bonds is 6. The highest BCUT2D eigenvalue weighted by Gasteiger charge is 2.24. The van der Waals surface area contributed by atoms with E-state index < -0.39 is 0 Å². The summed E-state index contributed by atoms with van der Waals surface area (Å²) in [6.07, 6.45) is -0.143. The standard InChI is InChI=1S/C21H32FN5O3.HI/c1-17(30-19-5-3-4-18(22)14-19)15-24-21(23-2)27-8-6-25(7-9-27)16-20(28)26-10-12-29-13-11-26;/h3-5,14,17H,6-13,15-16H2,1-2H3,(H,23,24);1H. The lowest BCUT2D eigenvalue weighted by molar-refractivity contribution is -0.136. The van der Waals surface area contributed by atoms with E-state index in [0.29, 0.717) is 45.1 Å². The number of hydrogen-bond donors (Lipinski definition) is 1. The normalized spacial score (nSPS) is 18.9. The van der Waals surface area contributed by atoms with Crippen LogP contribution in [0.4, 0.5) is 4.39 Å². The molecule has 1 unspecified atom stereocenters. The molecule has 0 saturated carbocycles. The molecule has 1 aromatic carbocycles. The minimum atomic E-state index is -0.312. The Morgan fingerprint density at radius 1 is 1.19 bits per heavy atom. The van der Waals surface area contributed by atoms with E-state index in [4.69, 9.17) is 9.47 Å². The first kappa shape index (κ1) is 25.6. The van der Waals surface area contributed by atoms with E-state index in [0.717, 1.165) is 32.1 Å². The van der Waals surface area contributed by atoms with Crippen molar-refractivity contribution in [2.75, 3.05) is 72.6 Å². The van der Waals surface area contributed by atoms with Crippen LogP contribution in [-0.2, 0) is 9.53 Å². The highest BCUT2D eigenvalue weighted by Crippen LogP contribution is 2.13. The summed E-state index contributed by atoms with van der Waals surface area (Å²) in [6.45, 7) is 8.79. The van der Waals surface area contributed by atoms with E-state index in [-0.39, 0.29) is 41.8 Å². The van der Waals surface area contributed by atoms with Gasteiger partial charge in [0.2, 0.25) is 5.91 Å². The second-order valence-electron chi connectivity index (χ2n) is 7.57. The van der Waals surface area contributed by atoms with Crippen molar-refractivity contribution < 1.29 is 18.7 Å². The predicted molar refractivity (Wildman–Crippen MR) is 129 cm³/mol. The van der Waals surface area contributed by atoms with Crippen molar-refractivity contribution in [2.45, 2.75) is 13.0 Å². The van der Waals surface area contributed by atoms with Crippen molar-refractivity contribution in [1.82, 2.24) is 20.0 Å². The topological polar surface area (TPSA) is 69.6 Å². The third-order valence-electron chi connectivity index (χ3n) is 5.29. The molecule has 8 nitrogen and oxygen atoms in total. The van der Waals surface area contributed by atoms with Crippen LogP contribution in [0.3, 0.4) is 0 Å².